The Labute approximate surface area is 126 Å². The van der Waals surface area contributed by atoms with Crippen LogP contribution in [0.15, 0.2) is 24.3 Å². The number of nitrogens with one attached hydrogen (secondary N) is 1. The summed E-state index contributed by atoms with van der Waals surface area (Å²) in [6, 6.07) is 6.99. The van der Waals surface area contributed by atoms with Crippen LogP contribution >= 0.6 is 27.5 Å². The minimum atomic E-state index is -0.166. The second-order valence-electron chi connectivity index (χ2n) is 3.95. The summed E-state index contributed by atoms with van der Waals surface area (Å²) in [5.41, 5.74) is 0. The second-order valence-corrected chi connectivity index (χ2v) is 5.03. The first-order valence-electron chi connectivity index (χ1n) is 5.88. The Morgan fingerprint density at radius 2 is 2.32 bits per heavy atom. The molecule has 106 valence electrons. The van der Waals surface area contributed by atoms with Gasteiger partial charge in [-0.15, -0.1) is 0 Å². The van der Waals surface area contributed by atoms with Crippen molar-refractivity contribution in [2.24, 2.45) is 0 Å². The van der Waals surface area contributed by atoms with Gasteiger partial charge in [0.15, 0.2) is 6.61 Å². The highest BCUT2D eigenvalue weighted by molar-refractivity contribution is 9.09. The molecular formula is C13H17BrClNO3. The molecule has 0 aliphatic carbocycles. The molecule has 1 unspecified atom stereocenters. The fraction of sp³-hybridized carbons (Fsp3) is 0.462. The van der Waals surface area contributed by atoms with Crippen LogP contribution in [0.1, 0.15) is 6.42 Å². The van der Waals surface area contributed by atoms with Gasteiger partial charge in [0.05, 0.1) is 0 Å². The molecule has 1 rings (SSSR count). The highest BCUT2D eigenvalue weighted by Crippen LogP contribution is 2.16. The molecule has 0 radical (unpaired) electrons. The molecule has 0 fully saturated rings. The number of amides is 1. The number of methoxy groups -OCH3 is 1. The fourth-order valence-corrected chi connectivity index (χ4v) is 2.09. The molecule has 0 aliphatic heterocycles. The summed E-state index contributed by atoms with van der Waals surface area (Å²) in [5.74, 6) is 0.412. The van der Waals surface area contributed by atoms with Gasteiger partial charge in [-0.05, 0) is 24.6 Å². The molecule has 1 aromatic rings. The van der Waals surface area contributed by atoms with Gasteiger partial charge in [-0.1, -0.05) is 33.6 Å². The van der Waals surface area contributed by atoms with Crippen molar-refractivity contribution >= 4 is 33.4 Å². The van der Waals surface area contributed by atoms with E-state index in [9.17, 15) is 4.79 Å². The third-order valence-corrected chi connectivity index (χ3v) is 3.40. The molecular weight excluding hydrogens is 334 g/mol. The van der Waals surface area contributed by atoms with Crippen molar-refractivity contribution in [3.05, 3.63) is 29.3 Å². The van der Waals surface area contributed by atoms with Crippen LogP contribution < -0.4 is 10.1 Å². The topological polar surface area (TPSA) is 47.6 Å². The summed E-state index contributed by atoms with van der Waals surface area (Å²) in [6.07, 6.45) is 0.755. The Balaban J connectivity index is 2.34. The molecule has 1 amide bonds. The summed E-state index contributed by atoms with van der Waals surface area (Å²) in [6.45, 7) is 0.572. The number of hydrogen-bond donors (Lipinski definition) is 1. The maximum atomic E-state index is 11.7. The Kier molecular flexibility index (Phi) is 7.86. The second kappa shape index (κ2) is 9.18. The van der Waals surface area contributed by atoms with Gasteiger partial charge in [0.2, 0.25) is 0 Å². The Morgan fingerprint density at radius 3 is 2.95 bits per heavy atom. The highest BCUT2D eigenvalue weighted by Gasteiger charge is 2.11. The molecule has 0 bridgehead atoms. The zero-order chi connectivity index (χ0) is 14.1. The number of carbonyl (C=O) groups excluding carboxylic acids is 1. The van der Waals surface area contributed by atoms with E-state index in [1.165, 1.54) is 0 Å². The first kappa shape index (κ1) is 16.3. The van der Waals surface area contributed by atoms with Crippen LogP contribution in [0, 0.1) is 0 Å². The van der Waals surface area contributed by atoms with Crippen LogP contribution in [0.4, 0.5) is 0 Å². The summed E-state index contributed by atoms with van der Waals surface area (Å²) in [7, 11) is 1.63. The molecule has 0 saturated heterocycles. The minimum absolute atomic E-state index is 0.0309. The predicted octanol–water partition coefficient (Wildman–Crippen LogP) is 2.64. The van der Waals surface area contributed by atoms with E-state index >= 15 is 0 Å². The Hall–Kier alpha value is -0.780. The fourth-order valence-electron chi connectivity index (χ4n) is 1.42. The van der Waals surface area contributed by atoms with Crippen LogP contribution in [0.5, 0.6) is 5.75 Å². The molecule has 1 N–H and O–H groups in total. The van der Waals surface area contributed by atoms with E-state index in [1.54, 1.807) is 31.4 Å². The van der Waals surface area contributed by atoms with E-state index in [0.717, 1.165) is 6.42 Å². The SMILES string of the molecule is COCCC(CBr)NC(=O)COc1cccc(Cl)c1. The van der Waals surface area contributed by atoms with Gasteiger partial charge in [0, 0.05) is 30.1 Å². The first-order valence-corrected chi connectivity index (χ1v) is 7.38. The number of benzene rings is 1. The van der Waals surface area contributed by atoms with Gasteiger partial charge in [0.25, 0.3) is 5.91 Å². The first-order chi connectivity index (χ1) is 9.15. The van der Waals surface area contributed by atoms with Crippen LogP contribution in [0.25, 0.3) is 0 Å². The molecule has 0 saturated carbocycles. The van der Waals surface area contributed by atoms with Crippen molar-refractivity contribution in [3.8, 4) is 5.75 Å². The van der Waals surface area contributed by atoms with E-state index in [2.05, 4.69) is 21.2 Å². The van der Waals surface area contributed by atoms with Gasteiger partial charge >= 0.3 is 0 Å². The molecule has 1 aromatic carbocycles. The number of halogens is 2. The van der Waals surface area contributed by atoms with Gasteiger partial charge in [-0.2, -0.15) is 0 Å². The summed E-state index contributed by atoms with van der Waals surface area (Å²) >= 11 is 9.18. The zero-order valence-electron chi connectivity index (χ0n) is 10.7. The monoisotopic (exact) mass is 349 g/mol. The maximum absolute atomic E-state index is 11.7. The molecule has 6 heteroatoms. The number of hydrogen-bond acceptors (Lipinski definition) is 3. The number of ether oxygens (including phenoxy) is 2. The molecule has 0 aromatic heterocycles. The third-order valence-electron chi connectivity index (χ3n) is 2.39. The van der Waals surface area contributed by atoms with E-state index in [4.69, 9.17) is 21.1 Å². The van der Waals surface area contributed by atoms with Gasteiger partial charge in [0.1, 0.15) is 5.75 Å². The Morgan fingerprint density at radius 1 is 1.53 bits per heavy atom. The van der Waals surface area contributed by atoms with E-state index in [0.29, 0.717) is 22.7 Å². The number of rotatable bonds is 8. The average Bonchev–Trinajstić information content (AvgIpc) is 2.41. The van der Waals surface area contributed by atoms with Gasteiger partial charge < -0.3 is 14.8 Å². The third kappa shape index (κ3) is 6.80. The number of carbonyl (C=O) groups is 1. The zero-order valence-corrected chi connectivity index (χ0v) is 13.0. The van der Waals surface area contributed by atoms with Crippen molar-refractivity contribution in [2.45, 2.75) is 12.5 Å². The van der Waals surface area contributed by atoms with Crippen LogP contribution in [0.2, 0.25) is 5.02 Å². The standard InChI is InChI=1S/C13H17BrClNO3/c1-18-6-5-11(8-14)16-13(17)9-19-12-4-2-3-10(15)7-12/h2-4,7,11H,5-6,8-9H2,1H3,(H,16,17). The van der Waals surface area contributed by atoms with Crippen molar-refractivity contribution < 1.29 is 14.3 Å². The van der Waals surface area contributed by atoms with E-state index in [-0.39, 0.29) is 18.6 Å². The van der Waals surface area contributed by atoms with E-state index in [1.807, 2.05) is 0 Å². The van der Waals surface area contributed by atoms with Crippen molar-refractivity contribution in [1.29, 1.82) is 0 Å². The predicted molar refractivity (Wildman–Crippen MR) is 79.2 cm³/mol. The lowest BCUT2D eigenvalue weighted by Gasteiger charge is -2.16. The van der Waals surface area contributed by atoms with Crippen molar-refractivity contribution in [1.82, 2.24) is 5.32 Å². The van der Waals surface area contributed by atoms with Gasteiger partial charge in [-0.3, -0.25) is 4.79 Å². The van der Waals surface area contributed by atoms with Gasteiger partial charge in [-0.25, -0.2) is 0 Å². The minimum Gasteiger partial charge on any atom is -0.484 e. The smallest absolute Gasteiger partial charge is 0.258 e. The van der Waals surface area contributed by atoms with Crippen LogP contribution in [-0.2, 0) is 9.53 Å². The van der Waals surface area contributed by atoms with Crippen molar-refractivity contribution in [3.63, 3.8) is 0 Å². The summed E-state index contributed by atoms with van der Waals surface area (Å²) in [5, 5.41) is 4.12. The number of alkyl halides is 1. The quantitative estimate of drug-likeness (QED) is 0.733. The lowest BCUT2D eigenvalue weighted by molar-refractivity contribution is -0.123. The lowest BCUT2D eigenvalue weighted by Crippen LogP contribution is -2.39. The molecule has 19 heavy (non-hydrogen) atoms. The van der Waals surface area contributed by atoms with Crippen molar-refractivity contribution in [2.75, 3.05) is 25.7 Å². The summed E-state index contributed by atoms with van der Waals surface area (Å²) in [4.78, 5) is 11.7. The molecule has 0 heterocycles. The average molecular weight is 351 g/mol. The maximum Gasteiger partial charge on any atom is 0.258 e. The summed E-state index contributed by atoms with van der Waals surface area (Å²) < 4.78 is 10.3. The largest absolute Gasteiger partial charge is 0.484 e. The normalized spacial score (nSPS) is 11.9. The van der Waals surface area contributed by atoms with E-state index < -0.39 is 0 Å². The Bertz CT molecular complexity index is 403. The molecule has 0 aliphatic rings. The highest BCUT2D eigenvalue weighted by atomic mass is 79.9. The van der Waals surface area contributed by atoms with Crippen LogP contribution in [-0.4, -0.2) is 37.6 Å². The molecule has 4 nitrogen and oxygen atoms in total. The molecule has 1 atom stereocenters. The van der Waals surface area contributed by atoms with Crippen LogP contribution in [0.3, 0.4) is 0 Å². The lowest BCUT2D eigenvalue weighted by atomic mass is 10.2. The molecule has 0 spiro atoms.